The van der Waals surface area contributed by atoms with E-state index in [2.05, 4.69) is 10.2 Å². The van der Waals surface area contributed by atoms with Crippen molar-refractivity contribution < 1.29 is 9.47 Å². The van der Waals surface area contributed by atoms with Gasteiger partial charge in [-0.25, -0.2) is 0 Å². The first-order chi connectivity index (χ1) is 10.7. The molecule has 0 amide bonds. The predicted octanol–water partition coefficient (Wildman–Crippen LogP) is 2.60. The van der Waals surface area contributed by atoms with Crippen LogP contribution in [0.3, 0.4) is 0 Å². The number of benzene rings is 1. The molecule has 0 aromatic heterocycles. The van der Waals surface area contributed by atoms with Crippen LogP contribution in [0.15, 0.2) is 18.2 Å². The van der Waals surface area contributed by atoms with Gasteiger partial charge >= 0.3 is 0 Å². The van der Waals surface area contributed by atoms with E-state index in [1.54, 1.807) is 0 Å². The summed E-state index contributed by atoms with van der Waals surface area (Å²) in [5.41, 5.74) is 1.11. The van der Waals surface area contributed by atoms with Crippen molar-refractivity contribution >= 4 is 23.2 Å². The molecule has 2 fully saturated rings. The van der Waals surface area contributed by atoms with Crippen LogP contribution in [-0.2, 0) is 9.47 Å². The smallest absolute Gasteiger partial charge is 0.0878 e. The van der Waals surface area contributed by atoms with Gasteiger partial charge in [0.1, 0.15) is 0 Å². The first kappa shape index (κ1) is 16.5. The van der Waals surface area contributed by atoms with E-state index < -0.39 is 0 Å². The summed E-state index contributed by atoms with van der Waals surface area (Å²) in [6, 6.07) is 5.81. The molecule has 2 heterocycles. The van der Waals surface area contributed by atoms with Gasteiger partial charge in [-0.1, -0.05) is 29.3 Å². The Bertz CT molecular complexity index is 495. The Morgan fingerprint density at radius 2 is 1.95 bits per heavy atom. The third kappa shape index (κ3) is 4.13. The van der Waals surface area contributed by atoms with Gasteiger partial charge in [-0.15, -0.1) is 0 Å². The van der Waals surface area contributed by atoms with Crippen LogP contribution >= 0.6 is 23.2 Å². The largest absolute Gasteiger partial charge is 0.379 e. The van der Waals surface area contributed by atoms with Crippen LogP contribution in [0, 0.1) is 5.92 Å². The third-order valence-corrected chi connectivity index (χ3v) is 5.02. The summed E-state index contributed by atoms with van der Waals surface area (Å²) >= 11 is 12.2. The highest BCUT2D eigenvalue weighted by molar-refractivity contribution is 6.42. The number of rotatable bonds is 3. The maximum Gasteiger partial charge on any atom is 0.0878 e. The van der Waals surface area contributed by atoms with Crippen LogP contribution < -0.4 is 5.32 Å². The minimum atomic E-state index is 0.0487. The van der Waals surface area contributed by atoms with E-state index in [0.29, 0.717) is 22.6 Å². The molecule has 0 saturated carbocycles. The van der Waals surface area contributed by atoms with E-state index in [1.165, 1.54) is 0 Å². The first-order valence-electron chi connectivity index (χ1n) is 7.81. The van der Waals surface area contributed by atoms with E-state index >= 15 is 0 Å². The van der Waals surface area contributed by atoms with Gasteiger partial charge in [0.05, 0.1) is 36.0 Å². The molecule has 0 unspecified atom stereocenters. The van der Waals surface area contributed by atoms with Gasteiger partial charge < -0.3 is 14.8 Å². The number of halogens is 2. The molecule has 2 saturated heterocycles. The quantitative estimate of drug-likeness (QED) is 0.913. The monoisotopic (exact) mass is 344 g/mol. The van der Waals surface area contributed by atoms with Crippen molar-refractivity contribution in [2.75, 3.05) is 52.5 Å². The van der Waals surface area contributed by atoms with E-state index in [-0.39, 0.29) is 6.10 Å². The Labute approximate surface area is 141 Å². The molecule has 1 aromatic rings. The molecule has 22 heavy (non-hydrogen) atoms. The number of morpholine rings is 1. The second-order valence-electron chi connectivity index (χ2n) is 5.84. The van der Waals surface area contributed by atoms with Crippen molar-refractivity contribution in [3.63, 3.8) is 0 Å². The highest BCUT2D eigenvalue weighted by Crippen LogP contribution is 2.32. The average Bonchev–Trinajstić information content (AvgIpc) is 2.77. The lowest BCUT2D eigenvalue weighted by Gasteiger charge is -2.33. The van der Waals surface area contributed by atoms with Crippen LogP contribution in [-0.4, -0.2) is 57.4 Å². The van der Waals surface area contributed by atoms with Crippen molar-refractivity contribution in [1.29, 1.82) is 0 Å². The van der Waals surface area contributed by atoms with Gasteiger partial charge in [0.25, 0.3) is 0 Å². The molecule has 1 N–H and O–H groups in total. The molecule has 1 aromatic carbocycles. The van der Waals surface area contributed by atoms with Crippen molar-refractivity contribution in [1.82, 2.24) is 10.2 Å². The number of hydrogen-bond acceptors (Lipinski definition) is 4. The maximum absolute atomic E-state index is 6.18. The van der Waals surface area contributed by atoms with E-state index in [1.807, 2.05) is 18.2 Å². The van der Waals surface area contributed by atoms with E-state index in [9.17, 15) is 0 Å². The molecular formula is C16H22Cl2N2O2. The maximum atomic E-state index is 6.18. The number of nitrogens with one attached hydrogen (secondary N) is 1. The molecular weight excluding hydrogens is 323 g/mol. The molecule has 2 aliphatic heterocycles. The Morgan fingerprint density at radius 3 is 2.73 bits per heavy atom. The van der Waals surface area contributed by atoms with Gasteiger partial charge in [0.15, 0.2) is 0 Å². The lowest BCUT2D eigenvalue weighted by Crippen LogP contribution is -2.42. The molecule has 4 nitrogen and oxygen atoms in total. The second kappa shape index (κ2) is 7.95. The summed E-state index contributed by atoms with van der Waals surface area (Å²) in [6.45, 7) is 7.16. The van der Waals surface area contributed by atoms with Crippen molar-refractivity contribution in [3.05, 3.63) is 33.8 Å². The number of hydrogen-bond donors (Lipinski definition) is 1. The fourth-order valence-electron chi connectivity index (χ4n) is 3.12. The van der Waals surface area contributed by atoms with Crippen LogP contribution in [0.2, 0.25) is 10.0 Å². The van der Waals surface area contributed by atoms with Gasteiger partial charge in [0.2, 0.25) is 0 Å². The standard InChI is InChI=1S/C16H22Cl2N2O2/c17-14-2-1-12(9-15(14)18)16-13(10-19-3-6-22-16)11-20-4-7-21-8-5-20/h1-2,9,13,16,19H,3-8,10-11H2/t13-,16-/m0/s1. The Balaban J connectivity index is 1.75. The number of ether oxygens (including phenoxy) is 2. The lowest BCUT2D eigenvalue weighted by atomic mass is 9.94. The summed E-state index contributed by atoms with van der Waals surface area (Å²) in [7, 11) is 0. The zero-order chi connectivity index (χ0) is 15.4. The summed E-state index contributed by atoms with van der Waals surface area (Å²) in [6.07, 6.45) is 0.0487. The normalized spacial score (nSPS) is 27.5. The fourth-order valence-corrected chi connectivity index (χ4v) is 3.43. The molecule has 0 spiro atoms. The zero-order valence-electron chi connectivity index (χ0n) is 12.6. The highest BCUT2D eigenvalue weighted by Gasteiger charge is 2.28. The molecule has 6 heteroatoms. The van der Waals surface area contributed by atoms with Gasteiger partial charge in [-0.3, -0.25) is 4.90 Å². The van der Waals surface area contributed by atoms with Crippen LogP contribution in [0.5, 0.6) is 0 Å². The third-order valence-electron chi connectivity index (χ3n) is 4.28. The topological polar surface area (TPSA) is 33.7 Å². The predicted molar refractivity (Wildman–Crippen MR) is 88.8 cm³/mol. The molecule has 0 aliphatic carbocycles. The first-order valence-corrected chi connectivity index (χ1v) is 8.57. The molecule has 0 radical (unpaired) electrons. The molecule has 2 aliphatic rings. The minimum absolute atomic E-state index is 0.0487. The number of nitrogens with zero attached hydrogens (tertiary/aromatic N) is 1. The zero-order valence-corrected chi connectivity index (χ0v) is 14.1. The van der Waals surface area contributed by atoms with Crippen molar-refractivity contribution in [3.8, 4) is 0 Å². The van der Waals surface area contributed by atoms with Gasteiger partial charge in [0, 0.05) is 38.6 Å². The molecule has 0 bridgehead atoms. The second-order valence-corrected chi connectivity index (χ2v) is 6.66. The van der Waals surface area contributed by atoms with Crippen LogP contribution in [0.4, 0.5) is 0 Å². The van der Waals surface area contributed by atoms with Crippen LogP contribution in [0.1, 0.15) is 11.7 Å². The SMILES string of the molecule is Clc1ccc([C@@H]2OCCNC[C@H]2CN2CCOCC2)cc1Cl. The molecule has 2 atom stereocenters. The summed E-state index contributed by atoms with van der Waals surface area (Å²) in [4.78, 5) is 2.45. The summed E-state index contributed by atoms with van der Waals surface area (Å²) in [5, 5.41) is 4.64. The van der Waals surface area contributed by atoms with Crippen molar-refractivity contribution in [2.24, 2.45) is 5.92 Å². The van der Waals surface area contributed by atoms with Gasteiger partial charge in [-0.2, -0.15) is 0 Å². The van der Waals surface area contributed by atoms with Crippen LogP contribution in [0.25, 0.3) is 0 Å². The van der Waals surface area contributed by atoms with Gasteiger partial charge in [-0.05, 0) is 17.7 Å². The van der Waals surface area contributed by atoms with E-state index in [4.69, 9.17) is 32.7 Å². The average molecular weight is 345 g/mol. The Hall–Kier alpha value is -0.360. The Kier molecular flexibility index (Phi) is 5.96. The lowest BCUT2D eigenvalue weighted by molar-refractivity contribution is -0.00676. The highest BCUT2D eigenvalue weighted by atomic mass is 35.5. The Morgan fingerprint density at radius 1 is 1.14 bits per heavy atom. The summed E-state index contributed by atoms with van der Waals surface area (Å²) in [5.74, 6) is 0.387. The van der Waals surface area contributed by atoms with E-state index in [0.717, 1.165) is 51.5 Å². The van der Waals surface area contributed by atoms with Crippen molar-refractivity contribution in [2.45, 2.75) is 6.10 Å². The molecule has 122 valence electrons. The molecule has 3 rings (SSSR count). The minimum Gasteiger partial charge on any atom is -0.379 e. The fraction of sp³-hybridized carbons (Fsp3) is 0.625. The summed E-state index contributed by atoms with van der Waals surface area (Å²) < 4.78 is 11.5.